The van der Waals surface area contributed by atoms with E-state index in [9.17, 15) is 4.79 Å². The minimum atomic E-state index is 0.177. The van der Waals surface area contributed by atoms with Crippen molar-refractivity contribution in [2.45, 2.75) is 31.8 Å². The van der Waals surface area contributed by atoms with Gasteiger partial charge in [-0.2, -0.15) is 0 Å². The maximum Gasteiger partial charge on any atom is 0.224 e. The molecule has 1 amide bonds. The molecule has 2 rings (SSSR count). The number of carbonyl (C=O) groups is 1. The Morgan fingerprint density at radius 3 is 3.19 bits per heavy atom. The fourth-order valence-corrected chi connectivity index (χ4v) is 2.02. The topological polar surface area (TPSA) is 45.5 Å². The van der Waals surface area contributed by atoms with Crippen LogP contribution in [0.5, 0.6) is 0 Å². The molecule has 1 aliphatic rings. The van der Waals surface area contributed by atoms with E-state index >= 15 is 0 Å². The molecule has 1 fully saturated rings. The second kappa shape index (κ2) is 5.16. The van der Waals surface area contributed by atoms with Gasteiger partial charge < -0.3 is 14.6 Å². The van der Waals surface area contributed by atoms with Crippen LogP contribution in [0.4, 0.5) is 0 Å². The van der Waals surface area contributed by atoms with E-state index in [4.69, 9.17) is 4.42 Å². The van der Waals surface area contributed by atoms with Crippen LogP contribution in [-0.2, 0) is 11.3 Å². The monoisotopic (exact) mass is 222 g/mol. The van der Waals surface area contributed by atoms with Crippen molar-refractivity contribution in [2.24, 2.45) is 0 Å². The normalized spacial score (nSPS) is 19.9. The Morgan fingerprint density at radius 2 is 2.56 bits per heavy atom. The van der Waals surface area contributed by atoms with Crippen molar-refractivity contribution in [3.63, 3.8) is 0 Å². The van der Waals surface area contributed by atoms with E-state index in [0.29, 0.717) is 19.0 Å². The second-order valence-corrected chi connectivity index (χ2v) is 4.33. The molecule has 1 saturated heterocycles. The van der Waals surface area contributed by atoms with Crippen molar-refractivity contribution < 1.29 is 9.21 Å². The number of nitrogens with one attached hydrogen (secondary N) is 1. The van der Waals surface area contributed by atoms with E-state index in [2.05, 4.69) is 5.32 Å². The second-order valence-electron chi connectivity index (χ2n) is 4.33. The van der Waals surface area contributed by atoms with E-state index in [0.717, 1.165) is 18.7 Å². The highest BCUT2D eigenvalue weighted by Gasteiger charge is 2.20. The molecule has 88 valence electrons. The molecule has 1 aromatic rings. The average Bonchev–Trinajstić information content (AvgIpc) is 2.90. The number of hydrogen-bond acceptors (Lipinski definition) is 3. The van der Waals surface area contributed by atoms with E-state index in [1.165, 1.54) is 6.42 Å². The van der Waals surface area contributed by atoms with Gasteiger partial charge in [-0.1, -0.05) is 0 Å². The van der Waals surface area contributed by atoms with Crippen LogP contribution >= 0.6 is 0 Å². The Morgan fingerprint density at radius 1 is 1.69 bits per heavy atom. The molecule has 0 aromatic carbocycles. The van der Waals surface area contributed by atoms with Crippen LogP contribution in [0, 0.1) is 0 Å². The quantitative estimate of drug-likeness (QED) is 0.837. The number of carbonyl (C=O) groups excluding carboxylic acids is 1. The van der Waals surface area contributed by atoms with Crippen LogP contribution in [0.25, 0.3) is 0 Å². The van der Waals surface area contributed by atoms with E-state index in [1.807, 2.05) is 19.2 Å². The Hall–Kier alpha value is -1.29. The Kier molecular flexibility index (Phi) is 3.62. The van der Waals surface area contributed by atoms with E-state index < -0.39 is 0 Å². The lowest BCUT2D eigenvalue weighted by atomic mass is 10.1. The third kappa shape index (κ3) is 2.85. The van der Waals surface area contributed by atoms with Gasteiger partial charge in [0.1, 0.15) is 5.76 Å². The zero-order chi connectivity index (χ0) is 11.4. The summed E-state index contributed by atoms with van der Waals surface area (Å²) >= 11 is 0. The zero-order valence-electron chi connectivity index (χ0n) is 9.61. The van der Waals surface area contributed by atoms with Gasteiger partial charge >= 0.3 is 0 Å². The molecular formula is C12H18N2O2. The molecule has 0 spiro atoms. The third-order valence-corrected chi connectivity index (χ3v) is 2.98. The molecule has 1 aromatic heterocycles. The third-order valence-electron chi connectivity index (χ3n) is 2.98. The summed E-state index contributed by atoms with van der Waals surface area (Å²) in [5, 5.41) is 3.33. The summed E-state index contributed by atoms with van der Waals surface area (Å²) in [5.74, 6) is 1.01. The molecule has 1 aliphatic heterocycles. The first-order valence-corrected chi connectivity index (χ1v) is 5.75. The largest absolute Gasteiger partial charge is 0.467 e. The van der Waals surface area contributed by atoms with Gasteiger partial charge in [-0.3, -0.25) is 4.79 Å². The molecule has 0 radical (unpaired) electrons. The first-order chi connectivity index (χ1) is 7.75. The summed E-state index contributed by atoms with van der Waals surface area (Å²) < 4.78 is 5.21. The Labute approximate surface area is 95.6 Å². The number of hydrogen-bond donors (Lipinski definition) is 1. The number of amides is 1. The highest BCUT2D eigenvalue weighted by atomic mass is 16.3. The van der Waals surface area contributed by atoms with Crippen LogP contribution in [-0.4, -0.2) is 30.4 Å². The zero-order valence-corrected chi connectivity index (χ0v) is 9.61. The summed E-state index contributed by atoms with van der Waals surface area (Å²) in [7, 11) is 1.82. The summed E-state index contributed by atoms with van der Waals surface area (Å²) in [6.45, 7) is 1.60. The smallest absolute Gasteiger partial charge is 0.224 e. The molecule has 0 saturated carbocycles. The average molecular weight is 222 g/mol. The molecular weight excluding hydrogens is 204 g/mol. The molecule has 0 aliphatic carbocycles. The molecule has 4 heteroatoms. The van der Waals surface area contributed by atoms with Crippen LogP contribution in [0.2, 0.25) is 0 Å². The molecule has 4 nitrogen and oxygen atoms in total. The van der Waals surface area contributed by atoms with Crippen molar-refractivity contribution in [3.8, 4) is 0 Å². The molecule has 2 heterocycles. The fraction of sp³-hybridized carbons (Fsp3) is 0.583. The van der Waals surface area contributed by atoms with Crippen LogP contribution < -0.4 is 5.32 Å². The SMILES string of the molecule is CN(Cc1ccco1)C(=O)CC1CCCN1. The van der Waals surface area contributed by atoms with Gasteiger partial charge in [0.25, 0.3) is 0 Å². The Balaban J connectivity index is 1.79. The summed E-state index contributed by atoms with van der Waals surface area (Å²) in [6, 6.07) is 4.09. The van der Waals surface area contributed by atoms with Crippen molar-refractivity contribution >= 4 is 5.91 Å². The van der Waals surface area contributed by atoms with Crippen molar-refractivity contribution in [1.29, 1.82) is 0 Å². The van der Waals surface area contributed by atoms with Crippen LogP contribution in [0.3, 0.4) is 0 Å². The van der Waals surface area contributed by atoms with Crippen molar-refractivity contribution in [3.05, 3.63) is 24.2 Å². The lowest BCUT2D eigenvalue weighted by Gasteiger charge is -2.18. The predicted molar refractivity (Wildman–Crippen MR) is 60.8 cm³/mol. The molecule has 1 N–H and O–H groups in total. The molecule has 16 heavy (non-hydrogen) atoms. The standard InChI is InChI=1S/C12H18N2O2/c1-14(9-11-5-3-7-16-11)12(15)8-10-4-2-6-13-10/h3,5,7,10,13H,2,4,6,8-9H2,1H3. The highest BCUT2D eigenvalue weighted by molar-refractivity contribution is 5.76. The first kappa shape index (κ1) is 11.2. The highest BCUT2D eigenvalue weighted by Crippen LogP contribution is 2.11. The van der Waals surface area contributed by atoms with Gasteiger partial charge in [0.15, 0.2) is 0 Å². The first-order valence-electron chi connectivity index (χ1n) is 5.75. The van der Waals surface area contributed by atoms with Gasteiger partial charge in [-0.25, -0.2) is 0 Å². The maximum absolute atomic E-state index is 11.9. The minimum absolute atomic E-state index is 0.177. The van der Waals surface area contributed by atoms with Crippen LogP contribution in [0.15, 0.2) is 22.8 Å². The summed E-state index contributed by atoms with van der Waals surface area (Å²) in [4.78, 5) is 13.6. The summed E-state index contributed by atoms with van der Waals surface area (Å²) in [5.41, 5.74) is 0. The summed E-state index contributed by atoms with van der Waals surface area (Å²) in [6.07, 6.45) is 4.52. The van der Waals surface area contributed by atoms with Crippen LogP contribution in [0.1, 0.15) is 25.0 Å². The number of rotatable bonds is 4. The number of furan rings is 1. The van der Waals surface area contributed by atoms with E-state index in [-0.39, 0.29) is 5.91 Å². The molecule has 1 atom stereocenters. The molecule has 0 bridgehead atoms. The predicted octanol–water partition coefficient (Wildman–Crippen LogP) is 1.38. The number of nitrogens with zero attached hydrogens (tertiary/aromatic N) is 1. The lowest BCUT2D eigenvalue weighted by molar-refractivity contribution is -0.131. The van der Waals surface area contributed by atoms with Crippen molar-refractivity contribution in [2.75, 3.05) is 13.6 Å². The maximum atomic E-state index is 11.9. The van der Waals surface area contributed by atoms with Gasteiger partial charge in [0.05, 0.1) is 12.8 Å². The fourth-order valence-electron chi connectivity index (χ4n) is 2.02. The minimum Gasteiger partial charge on any atom is -0.467 e. The lowest BCUT2D eigenvalue weighted by Crippen LogP contribution is -2.33. The van der Waals surface area contributed by atoms with Gasteiger partial charge in [0.2, 0.25) is 5.91 Å². The van der Waals surface area contributed by atoms with Gasteiger partial charge in [0, 0.05) is 19.5 Å². The van der Waals surface area contributed by atoms with E-state index in [1.54, 1.807) is 11.2 Å². The molecule has 1 unspecified atom stereocenters. The Bertz CT molecular complexity index is 329. The van der Waals surface area contributed by atoms with Gasteiger partial charge in [-0.15, -0.1) is 0 Å². The van der Waals surface area contributed by atoms with Crippen molar-refractivity contribution in [1.82, 2.24) is 10.2 Å². The van der Waals surface area contributed by atoms with Gasteiger partial charge in [-0.05, 0) is 31.5 Å².